The minimum absolute atomic E-state index is 0.171. The van der Waals surface area contributed by atoms with Crippen molar-refractivity contribution in [2.24, 2.45) is 0 Å². The lowest BCUT2D eigenvalue weighted by Gasteiger charge is -2.13. The zero-order valence-corrected chi connectivity index (χ0v) is 18.4. The van der Waals surface area contributed by atoms with Gasteiger partial charge in [0.1, 0.15) is 18.5 Å². The molecule has 0 spiro atoms. The molecule has 4 rings (SSSR count). The molecule has 0 bridgehead atoms. The lowest BCUT2D eigenvalue weighted by molar-refractivity contribution is 0.0622. The summed E-state index contributed by atoms with van der Waals surface area (Å²) in [5.74, 6) is 0.908. The van der Waals surface area contributed by atoms with Crippen LogP contribution < -0.4 is 9.47 Å². The van der Waals surface area contributed by atoms with Crippen molar-refractivity contribution in [1.82, 2.24) is 9.97 Å². The predicted octanol–water partition coefficient (Wildman–Crippen LogP) is 5.76. The van der Waals surface area contributed by atoms with Crippen LogP contribution in [-0.4, -0.2) is 29.3 Å². The number of pyridine rings is 1. The third-order valence-electron chi connectivity index (χ3n) is 5.26. The Balaban J connectivity index is 1.69. The molecule has 2 aromatic heterocycles. The maximum Gasteiger partial charge on any atom is 0.515 e. The number of nitrogens with zero attached hydrogens (tertiary/aromatic N) is 1. The second kappa shape index (κ2) is 9.70. The average molecular weight is 434 g/mol. The Morgan fingerprint density at radius 2 is 1.91 bits per heavy atom. The van der Waals surface area contributed by atoms with Crippen LogP contribution in [-0.2, 0) is 22.7 Å². The molecule has 2 heterocycles. The molecule has 0 aliphatic heterocycles. The second-order valence-corrected chi connectivity index (χ2v) is 7.56. The summed E-state index contributed by atoms with van der Waals surface area (Å²) in [4.78, 5) is 19.9. The van der Waals surface area contributed by atoms with Crippen molar-refractivity contribution in [2.45, 2.75) is 39.6 Å². The van der Waals surface area contributed by atoms with Crippen molar-refractivity contribution in [3.05, 3.63) is 65.9 Å². The van der Waals surface area contributed by atoms with Crippen LogP contribution in [0.3, 0.4) is 0 Å². The van der Waals surface area contributed by atoms with Crippen LogP contribution in [0.5, 0.6) is 11.6 Å². The number of carbonyl (C=O) groups excluding carboxylic acids is 1. The molecule has 32 heavy (non-hydrogen) atoms. The fourth-order valence-corrected chi connectivity index (χ4v) is 3.47. The number of methoxy groups -OCH3 is 1. The van der Waals surface area contributed by atoms with Crippen LogP contribution in [0.1, 0.15) is 31.4 Å². The van der Waals surface area contributed by atoms with Gasteiger partial charge in [0.25, 0.3) is 0 Å². The van der Waals surface area contributed by atoms with Crippen LogP contribution in [0.2, 0.25) is 0 Å². The molecule has 0 amide bonds. The molecule has 2 aromatic carbocycles. The van der Waals surface area contributed by atoms with E-state index in [1.807, 2.05) is 62.4 Å². The molecule has 0 saturated heterocycles. The molecule has 1 N–H and O–H groups in total. The highest BCUT2D eigenvalue weighted by Gasteiger charge is 2.20. The van der Waals surface area contributed by atoms with Gasteiger partial charge >= 0.3 is 6.16 Å². The van der Waals surface area contributed by atoms with E-state index in [-0.39, 0.29) is 18.6 Å². The smallest absolute Gasteiger partial charge is 0.489 e. The maximum atomic E-state index is 12.2. The lowest BCUT2D eigenvalue weighted by atomic mass is 10.1. The van der Waals surface area contributed by atoms with Gasteiger partial charge in [-0.1, -0.05) is 37.3 Å². The normalized spacial score (nSPS) is 12.1. The van der Waals surface area contributed by atoms with Crippen molar-refractivity contribution in [3.8, 4) is 11.6 Å². The number of ether oxygens (including phenoxy) is 4. The quantitative estimate of drug-likeness (QED) is 0.355. The van der Waals surface area contributed by atoms with E-state index < -0.39 is 6.16 Å². The highest BCUT2D eigenvalue weighted by atomic mass is 16.7. The predicted molar refractivity (Wildman–Crippen MR) is 122 cm³/mol. The number of carbonyl (C=O) groups is 1. The van der Waals surface area contributed by atoms with Gasteiger partial charge in [-0.15, -0.1) is 0 Å². The van der Waals surface area contributed by atoms with Gasteiger partial charge in [-0.05, 0) is 37.1 Å². The van der Waals surface area contributed by atoms with Crippen LogP contribution >= 0.6 is 0 Å². The number of hydrogen-bond donors (Lipinski definition) is 1. The maximum absolute atomic E-state index is 12.2. The van der Waals surface area contributed by atoms with Gasteiger partial charge in [0.15, 0.2) is 0 Å². The number of benzene rings is 2. The van der Waals surface area contributed by atoms with E-state index in [4.69, 9.17) is 18.9 Å². The molecule has 0 saturated carbocycles. The Morgan fingerprint density at radius 1 is 1.09 bits per heavy atom. The SMILES string of the molecule is CCC(C)OC(=O)Oc1ncc2[nH]c3ccc(OCc4ccccc4)cc3c2c1COC. The summed E-state index contributed by atoms with van der Waals surface area (Å²) in [6.07, 6.45) is 1.32. The largest absolute Gasteiger partial charge is 0.515 e. The average Bonchev–Trinajstić information content (AvgIpc) is 3.18. The molecule has 1 atom stereocenters. The van der Waals surface area contributed by atoms with Gasteiger partial charge in [-0.2, -0.15) is 0 Å². The Labute approximate surface area is 186 Å². The highest BCUT2D eigenvalue weighted by Crippen LogP contribution is 2.35. The van der Waals surface area contributed by atoms with Gasteiger partial charge in [-0.3, -0.25) is 0 Å². The first-order valence-corrected chi connectivity index (χ1v) is 10.6. The topological polar surface area (TPSA) is 82.7 Å². The summed E-state index contributed by atoms with van der Waals surface area (Å²) in [6.45, 7) is 4.43. The molecule has 7 nitrogen and oxygen atoms in total. The van der Waals surface area contributed by atoms with Gasteiger partial charge in [0, 0.05) is 23.4 Å². The van der Waals surface area contributed by atoms with Crippen LogP contribution in [0.25, 0.3) is 21.8 Å². The summed E-state index contributed by atoms with van der Waals surface area (Å²) in [5, 5.41) is 1.80. The molecule has 166 valence electrons. The van der Waals surface area contributed by atoms with E-state index in [0.29, 0.717) is 18.6 Å². The van der Waals surface area contributed by atoms with Crippen molar-refractivity contribution < 1.29 is 23.7 Å². The number of H-pyrrole nitrogens is 1. The first-order valence-electron chi connectivity index (χ1n) is 10.6. The minimum Gasteiger partial charge on any atom is -0.489 e. The molecule has 0 aliphatic rings. The Bertz CT molecular complexity index is 1220. The van der Waals surface area contributed by atoms with Gasteiger partial charge < -0.3 is 23.9 Å². The van der Waals surface area contributed by atoms with E-state index in [1.165, 1.54) is 0 Å². The van der Waals surface area contributed by atoms with Crippen molar-refractivity contribution in [1.29, 1.82) is 0 Å². The number of fused-ring (bicyclic) bond motifs is 3. The van der Waals surface area contributed by atoms with Crippen LogP contribution in [0.4, 0.5) is 4.79 Å². The van der Waals surface area contributed by atoms with E-state index >= 15 is 0 Å². The first-order chi connectivity index (χ1) is 15.6. The summed E-state index contributed by atoms with van der Waals surface area (Å²) < 4.78 is 22.1. The Kier molecular flexibility index (Phi) is 6.56. The highest BCUT2D eigenvalue weighted by molar-refractivity contribution is 6.09. The lowest BCUT2D eigenvalue weighted by Crippen LogP contribution is -2.18. The summed E-state index contributed by atoms with van der Waals surface area (Å²) in [5.41, 5.74) is 3.49. The zero-order chi connectivity index (χ0) is 22.5. The number of aromatic nitrogens is 2. The molecule has 0 fully saturated rings. The number of hydrogen-bond acceptors (Lipinski definition) is 6. The Hall–Kier alpha value is -3.58. The first kappa shape index (κ1) is 21.6. The van der Waals surface area contributed by atoms with Gasteiger partial charge in [0.05, 0.1) is 23.9 Å². The molecule has 4 aromatic rings. The number of aromatic amines is 1. The molecular formula is C25H26N2O5. The van der Waals surface area contributed by atoms with Crippen molar-refractivity contribution >= 4 is 28.0 Å². The molecule has 0 radical (unpaired) electrons. The minimum atomic E-state index is -0.782. The Morgan fingerprint density at radius 3 is 2.66 bits per heavy atom. The molecular weight excluding hydrogens is 408 g/mol. The molecule has 0 aliphatic carbocycles. The molecule has 1 unspecified atom stereocenters. The standard InChI is InChI=1S/C25H26N2O5/c1-4-16(2)31-25(28)32-24-20(15-29-3)23-19-12-18(30-14-17-8-6-5-7-9-17)10-11-21(19)27-22(23)13-26-24/h5-13,16,27H,4,14-15H2,1-3H3. The third kappa shape index (κ3) is 4.68. The summed E-state index contributed by atoms with van der Waals surface area (Å²) in [7, 11) is 1.59. The van der Waals surface area contributed by atoms with Crippen LogP contribution in [0.15, 0.2) is 54.7 Å². The van der Waals surface area contributed by atoms with Crippen molar-refractivity contribution in [3.63, 3.8) is 0 Å². The summed E-state index contributed by atoms with van der Waals surface area (Å²) in [6, 6.07) is 15.8. The fourth-order valence-electron chi connectivity index (χ4n) is 3.47. The summed E-state index contributed by atoms with van der Waals surface area (Å²) >= 11 is 0. The number of nitrogens with one attached hydrogen (secondary N) is 1. The van der Waals surface area contributed by atoms with E-state index in [1.54, 1.807) is 13.3 Å². The monoisotopic (exact) mass is 434 g/mol. The fraction of sp³-hybridized carbons (Fsp3) is 0.280. The third-order valence-corrected chi connectivity index (χ3v) is 5.26. The van der Waals surface area contributed by atoms with Gasteiger partial charge in [0.2, 0.25) is 5.88 Å². The van der Waals surface area contributed by atoms with Crippen LogP contribution in [0, 0.1) is 0 Å². The molecule has 7 heteroatoms. The number of rotatable bonds is 8. The van der Waals surface area contributed by atoms with E-state index in [0.717, 1.165) is 33.1 Å². The second-order valence-electron chi connectivity index (χ2n) is 7.56. The zero-order valence-electron chi connectivity index (χ0n) is 18.4. The van der Waals surface area contributed by atoms with Crippen molar-refractivity contribution in [2.75, 3.05) is 7.11 Å². The van der Waals surface area contributed by atoms with E-state index in [9.17, 15) is 4.79 Å². The van der Waals surface area contributed by atoms with E-state index in [2.05, 4.69) is 9.97 Å². The van der Waals surface area contributed by atoms with Gasteiger partial charge in [-0.25, -0.2) is 9.78 Å².